The minimum atomic E-state index is -2.81. The highest BCUT2D eigenvalue weighted by Crippen LogP contribution is 2.33. The van der Waals surface area contributed by atoms with Crippen molar-refractivity contribution in [2.75, 3.05) is 0 Å². The molecule has 0 radical (unpaired) electrons. The molecule has 0 fully saturated rings. The fraction of sp³-hybridized carbons (Fsp3) is 0. The summed E-state index contributed by atoms with van der Waals surface area (Å²) in [6.07, 6.45) is 0. The van der Waals surface area contributed by atoms with E-state index in [2.05, 4.69) is 47.8 Å². The van der Waals surface area contributed by atoms with E-state index in [1.807, 2.05) is 6.07 Å². The molecule has 0 unspecified atom stereocenters. The third-order valence-electron chi connectivity index (χ3n) is 1.34. The summed E-state index contributed by atoms with van der Waals surface area (Å²) >= 11 is 27.8. The number of hydrogen-bond donors (Lipinski definition) is 0. The Morgan fingerprint density at radius 3 is 1.92 bits per heavy atom. The summed E-state index contributed by atoms with van der Waals surface area (Å²) in [7, 11) is 0. The maximum Gasteiger partial charge on any atom is 0.374 e. The number of benzene rings is 1. The SMILES string of the molecule is Cl[Si](Cl)(Cl)c1ccc(Br)c(Br)c1Br. The third kappa shape index (κ3) is 3.10. The Labute approximate surface area is 116 Å². The van der Waals surface area contributed by atoms with Gasteiger partial charge in [0.2, 0.25) is 0 Å². The van der Waals surface area contributed by atoms with E-state index in [9.17, 15) is 0 Å². The van der Waals surface area contributed by atoms with E-state index in [-0.39, 0.29) is 0 Å². The second kappa shape index (κ2) is 4.72. The maximum atomic E-state index is 5.89. The summed E-state index contributed by atoms with van der Waals surface area (Å²) in [4.78, 5) is 0. The van der Waals surface area contributed by atoms with Crippen LogP contribution in [0.1, 0.15) is 0 Å². The summed E-state index contributed by atoms with van der Waals surface area (Å²) in [5, 5.41) is 0.743. The highest BCUT2D eigenvalue weighted by molar-refractivity contribution is 9.14. The summed E-state index contributed by atoms with van der Waals surface area (Å²) in [5.74, 6) is 0. The van der Waals surface area contributed by atoms with Crippen LogP contribution in [-0.4, -0.2) is 6.00 Å². The van der Waals surface area contributed by atoms with E-state index in [0.29, 0.717) is 0 Å². The molecule has 0 amide bonds. The molecular formula is C6H2Br3Cl3Si. The van der Waals surface area contributed by atoms with Crippen molar-refractivity contribution in [3.8, 4) is 0 Å². The largest absolute Gasteiger partial charge is 0.374 e. The quantitative estimate of drug-likeness (QED) is 0.328. The first-order valence-electron chi connectivity index (χ1n) is 3.04. The van der Waals surface area contributed by atoms with Crippen LogP contribution in [-0.2, 0) is 0 Å². The molecule has 0 atom stereocenters. The highest BCUT2D eigenvalue weighted by Gasteiger charge is 2.31. The van der Waals surface area contributed by atoms with Gasteiger partial charge in [-0.25, -0.2) is 0 Å². The Kier molecular flexibility index (Phi) is 4.66. The lowest BCUT2D eigenvalue weighted by Crippen LogP contribution is -2.31. The molecule has 0 spiro atoms. The van der Waals surface area contributed by atoms with E-state index in [1.165, 1.54) is 0 Å². The molecular weight excluding hydrogens is 446 g/mol. The van der Waals surface area contributed by atoms with Crippen LogP contribution in [0.5, 0.6) is 0 Å². The summed E-state index contributed by atoms with van der Waals surface area (Å²) < 4.78 is 2.59. The second-order valence-corrected chi connectivity index (χ2v) is 13.0. The lowest BCUT2D eigenvalue weighted by atomic mass is 10.4. The first-order valence-corrected chi connectivity index (χ1v) is 10.5. The van der Waals surface area contributed by atoms with Gasteiger partial charge in [0, 0.05) is 18.6 Å². The van der Waals surface area contributed by atoms with Crippen LogP contribution in [0.3, 0.4) is 0 Å². The van der Waals surface area contributed by atoms with Gasteiger partial charge < -0.3 is 0 Å². The van der Waals surface area contributed by atoms with Crippen molar-refractivity contribution in [1.82, 2.24) is 0 Å². The zero-order valence-electron chi connectivity index (χ0n) is 5.92. The van der Waals surface area contributed by atoms with Gasteiger partial charge in [-0.2, -0.15) is 0 Å². The monoisotopic (exact) mass is 444 g/mol. The first kappa shape index (κ1) is 12.8. The Balaban J connectivity index is 3.35. The predicted octanol–water partition coefficient (Wildman–Crippen LogP) is 4.84. The van der Waals surface area contributed by atoms with Gasteiger partial charge in [-0.1, -0.05) is 6.07 Å². The molecule has 0 saturated heterocycles. The van der Waals surface area contributed by atoms with E-state index < -0.39 is 6.00 Å². The number of halogens is 6. The average Bonchev–Trinajstić information content (AvgIpc) is 1.98. The van der Waals surface area contributed by atoms with E-state index >= 15 is 0 Å². The van der Waals surface area contributed by atoms with Crippen molar-refractivity contribution in [3.05, 3.63) is 25.6 Å². The Morgan fingerprint density at radius 2 is 1.46 bits per heavy atom. The van der Waals surface area contributed by atoms with Gasteiger partial charge in [-0.3, -0.25) is 0 Å². The molecule has 0 bridgehead atoms. The molecule has 0 aliphatic carbocycles. The van der Waals surface area contributed by atoms with Crippen LogP contribution in [0.15, 0.2) is 25.6 Å². The van der Waals surface area contributed by atoms with Gasteiger partial charge in [0.1, 0.15) is 0 Å². The molecule has 0 aliphatic rings. The zero-order valence-corrected chi connectivity index (χ0v) is 13.9. The van der Waals surface area contributed by atoms with Gasteiger partial charge in [0.05, 0.1) is 0 Å². The van der Waals surface area contributed by atoms with Crippen LogP contribution in [0.2, 0.25) is 0 Å². The molecule has 1 rings (SSSR count). The van der Waals surface area contributed by atoms with Gasteiger partial charge in [0.15, 0.2) is 0 Å². The van der Waals surface area contributed by atoms with E-state index in [0.717, 1.165) is 18.6 Å². The summed E-state index contributed by atoms with van der Waals surface area (Å²) in [6, 6.07) is 0.837. The fourth-order valence-corrected chi connectivity index (χ4v) is 6.20. The maximum absolute atomic E-state index is 5.89. The Morgan fingerprint density at radius 1 is 0.923 bits per heavy atom. The molecule has 72 valence electrons. The van der Waals surface area contributed by atoms with Gasteiger partial charge in [-0.15, -0.1) is 33.2 Å². The molecule has 0 N–H and O–H groups in total. The lowest BCUT2D eigenvalue weighted by molar-refractivity contribution is 1.58. The van der Waals surface area contributed by atoms with Gasteiger partial charge >= 0.3 is 6.00 Å². The lowest BCUT2D eigenvalue weighted by Gasteiger charge is -2.12. The average molecular weight is 448 g/mol. The second-order valence-electron chi connectivity index (χ2n) is 2.22. The Bertz CT molecular complexity index is 337. The highest BCUT2D eigenvalue weighted by atomic mass is 79.9. The molecule has 0 heterocycles. The van der Waals surface area contributed by atoms with Gasteiger partial charge in [-0.05, 0) is 53.9 Å². The van der Waals surface area contributed by atoms with Crippen molar-refractivity contribution in [2.24, 2.45) is 0 Å². The smallest absolute Gasteiger partial charge is 0.121 e. The minimum Gasteiger partial charge on any atom is -0.121 e. The summed E-state index contributed by atoms with van der Waals surface area (Å²) in [5.41, 5.74) is 0. The van der Waals surface area contributed by atoms with Crippen molar-refractivity contribution in [2.45, 2.75) is 0 Å². The normalized spacial score (nSPS) is 11.8. The van der Waals surface area contributed by atoms with E-state index in [4.69, 9.17) is 33.2 Å². The van der Waals surface area contributed by atoms with Crippen LogP contribution in [0.25, 0.3) is 0 Å². The number of rotatable bonds is 1. The topological polar surface area (TPSA) is 0 Å². The molecule has 0 saturated carbocycles. The molecule has 1 aromatic rings. The van der Waals surface area contributed by atoms with Crippen LogP contribution in [0.4, 0.5) is 0 Å². The standard InChI is InChI=1S/C6H2Br3Cl3Si/c7-3-1-2-4(13(10,11)12)6(9)5(3)8/h1-2H. The molecule has 1 aromatic carbocycles. The minimum absolute atomic E-state index is 0.743. The molecule has 0 aliphatic heterocycles. The fourth-order valence-electron chi connectivity index (χ4n) is 0.745. The zero-order chi connectivity index (χ0) is 10.2. The van der Waals surface area contributed by atoms with Crippen LogP contribution < -0.4 is 5.19 Å². The van der Waals surface area contributed by atoms with Crippen LogP contribution >= 0.6 is 81.0 Å². The van der Waals surface area contributed by atoms with Crippen molar-refractivity contribution >= 4 is 92.2 Å². The summed E-state index contributed by atoms with van der Waals surface area (Å²) in [6.45, 7) is 0. The number of hydrogen-bond acceptors (Lipinski definition) is 0. The molecule has 0 aromatic heterocycles. The molecule has 0 nitrogen and oxygen atoms in total. The Hall–Kier alpha value is 1.75. The third-order valence-corrected chi connectivity index (χ3v) is 7.94. The first-order chi connectivity index (χ1) is 5.84. The van der Waals surface area contributed by atoms with Crippen molar-refractivity contribution in [1.29, 1.82) is 0 Å². The molecule has 7 heteroatoms. The van der Waals surface area contributed by atoms with Crippen molar-refractivity contribution < 1.29 is 0 Å². The van der Waals surface area contributed by atoms with Crippen molar-refractivity contribution in [3.63, 3.8) is 0 Å². The predicted molar refractivity (Wildman–Crippen MR) is 72.5 cm³/mol. The van der Waals surface area contributed by atoms with Gasteiger partial charge in [0.25, 0.3) is 0 Å². The van der Waals surface area contributed by atoms with Crippen LogP contribution in [0, 0.1) is 0 Å². The van der Waals surface area contributed by atoms with E-state index in [1.54, 1.807) is 6.07 Å². The molecule has 13 heavy (non-hydrogen) atoms.